The van der Waals surface area contributed by atoms with Gasteiger partial charge in [0.2, 0.25) is 11.9 Å². The lowest BCUT2D eigenvalue weighted by atomic mass is 10.1. The van der Waals surface area contributed by atoms with Crippen molar-refractivity contribution in [1.82, 2.24) is 20.1 Å². The molecule has 0 bridgehead atoms. The third kappa shape index (κ3) is 4.27. The second-order valence-corrected chi connectivity index (χ2v) is 7.55. The number of hydrogen-bond acceptors (Lipinski definition) is 6. The summed E-state index contributed by atoms with van der Waals surface area (Å²) < 4.78 is 10.6. The molecule has 32 heavy (non-hydrogen) atoms. The van der Waals surface area contributed by atoms with Gasteiger partial charge in [0.15, 0.2) is 11.5 Å². The van der Waals surface area contributed by atoms with Crippen LogP contribution < -0.4 is 14.8 Å². The minimum absolute atomic E-state index is 0.145. The molecule has 1 aliphatic rings. The zero-order valence-electron chi connectivity index (χ0n) is 18.2. The second kappa shape index (κ2) is 9.09. The maximum Gasteiger partial charge on any atom is 0.255 e. The Labute approximate surface area is 185 Å². The summed E-state index contributed by atoms with van der Waals surface area (Å²) in [6.07, 6.45) is 1.31. The summed E-state index contributed by atoms with van der Waals surface area (Å²) in [6.45, 7) is 2.11. The van der Waals surface area contributed by atoms with Gasteiger partial charge in [0, 0.05) is 18.5 Å². The van der Waals surface area contributed by atoms with Crippen molar-refractivity contribution >= 4 is 17.8 Å². The van der Waals surface area contributed by atoms with Gasteiger partial charge < -0.3 is 14.4 Å². The van der Waals surface area contributed by atoms with Gasteiger partial charge in [-0.05, 0) is 42.7 Å². The number of anilines is 1. The third-order valence-corrected chi connectivity index (χ3v) is 5.56. The van der Waals surface area contributed by atoms with Gasteiger partial charge in [-0.1, -0.05) is 24.3 Å². The largest absolute Gasteiger partial charge is 0.493 e. The van der Waals surface area contributed by atoms with Crippen LogP contribution in [0.15, 0.2) is 42.5 Å². The van der Waals surface area contributed by atoms with E-state index >= 15 is 0 Å². The average molecular weight is 435 g/mol. The van der Waals surface area contributed by atoms with E-state index in [0.29, 0.717) is 42.3 Å². The van der Waals surface area contributed by atoms with E-state index in [1.165, 1.54) is 0 Å². The highest BCUT2D eigenvalue weighted by molar-refractivity contribution is 6.03. The number of amides is 2. The molecule has 0 fully saturated rings. The number of carbonyl (C=O) groups excluding carboxylic acids is 2. The predicted octanol–water partition coefficient (Wildman–Crippen LogP) is 2.59. The third-order valence-electron chi connectivity index (χ3n) is 5.56. The monoisotopic (exact) mass is 435 g/mol. The number of benzene rings is 2. The number of nitrogens with one attached hydrogen (secondary N) is 2. The molecule has 2 N–H and O–H groups in total. The molecule has 166 valence electrons. The molecular weight excluding hydrogens is 410 g/mol. The van der Waals surface area contributed by atoms with Crippen LogP contribution in [0.3, 0.4) is 0 Å². The van der Waals surface area contributed by atoms with Crippen LogP contribution in [0.25, 0.3) is 0 Å². The van der Waals surface area contributed by atoms with Crippen molar-refractivity contribution in [3.8, 4) is 11.5 Å². The Bertz CT molecular complexity index is 1140. The van der Waals surface area contributed by atoms with Gasteiger partial charge >= 0.3 is 0 Å². The molecule has 0 saturated carbocycles. The Kier molecular flexibility index (Phi) is 6.07. The number of fused-ring (bicyclic) bond motifs is 1. The summed E-state index contributed by atoms with van der Waals surface area (Å²) in [7, 11) is 3.20. The van der Waals surface area contributed by atoms with E-state index in [0.717, 1.165) is 11.1 Å². The van der Waals surface area contributed by atoms with Gasteiger partial charge in [-0.2, -0.15) is 4.98 Å². The summed E-state index contributed by atoms with van der Waals surface area (Å²) in [4.78, 5) is 31.2. The van der Waals surface area contributed by atoms with Gasteiger partial charge in [-0.25, -0.2) is 0 Å². The SMILES string of the molecule is COc1ccc(CCc2nc(NC(=O)[C@@H](C)N3Cc4ccccc4C3=O)n[nH]2)cc1OC. The molecule has 0 unspecified atom stereocenters. The molecule has 9 nitrogen and oxygen atoms in total. The highest BCUT2D eigenvalue weighted by atomic mass is 16.5. The van der Waals surface area contributed by atoms with Crippen LogP contribution in [-0.4, -0.2) is 52.2 Å². The minimum atomic E-state index is -0.649. The fraction of sp³-hybridized carbons (Fsp3) is 0.304. The van der Waals surface area contributed by atoms with Crippen molar-refractivity contribution in [2.45, 2.75) is 32.4 Å². The summed E-state index contributed by atoms with van der Waals surface area (Å²) in [5.74, 6) is 1.70. The number of aromatic amines is 1. The Morgan fingerprint density at radius 1 is 1.16 bits per heavy atom. The minimum Gasteiger partial charge on any atom is -0.493 e. The van der Waals surface area contributed by atoms with Gasteiger partial charge in [-0.15, -0.1) is 5.10 Å². The van der Waals surface area contributed by atoms with E-state index in [1.54, 1.807) is 32.1 Å². The number of methoxy groups -OCH3 is 2. The number of aromatic nitrogens is 3. The van der Waals surface area contributed by atoms with Crippen molar-refractivity contribution in [1.29, 1.82) is 0 Å². The molecular formula is C23H25N5O4. The highest BCUT2D eigenvalue weighted by Gasteiger charge is 2.33. The molecule has 2 amide bonds. The molecule has 0 saturated heterocycles. The number of H-pyrrole nitrogens is 1. The van der Waals surface area contributed by atoms with Gasteiger partial charge in [0.1, 0.15) is 11.9 Å². The topological polar surface area (TPSA) is 109 Å². The first-order valence-corrected chi connectivity index (χ1v) is 10.3. The zero-order chi connectivity index (χ0) is 22.7. The fourth-order valence-corrected chi connectivity index (χ4v) is 3.71. The van der Waals surface area contributed by atoms with Crippen LogP contribution in [0.1, 0.15) is 34.2 Å². The first-order chi connectivity index (χ1) is 15.5. The van der Waals surface area contributed by atoms with Crippen LogP contribution in [0.4, 0.5) is 5.95 Å². The molecule has 4 rings (SSSR count). The molecule has 3 aromatic rings. The number of rotatable bonds is 8. The van der Waals surface area contributed by atoms with E-state index in [-0.39, 0.29) is 17.8 Å². The summed E-state index contributed by atoms with van der Waals surface area (Å²) in [6, 6.07) is 12.5. The normalized spacial score (nSPS) is 13.6. The van der Waals surface area contributed by atoms with Crippen LogP contribution in [0.2, 0.25) is 0 Å². The smallest absolute Gasteiger partial charge is 0.255 e. The lowest BCUT2D eigenvalue weighted by molar-refractivity contribution is -0.120. The van der Waals surface area contributed by atoms with Gasteiger partial charge in [-0.3, -0.25) is 20.0 Å². The van der Waals surface area contributed by atoms with Crippen molar-refractivity contribution in [3.05, 3.63) is 65.0 Å². The molecule has 2 aromatic carbocycles. The van der Waals surface area contributed by atoms with Crippen LogP contribution in [0.5, 0.6) is 11.5 Å². The lowest BCUT2D eigenvalue weighted by Gasteiger charge is -2.22. The van der Waals surface area contributed by atoms with E-state index in [1.807, 2.05) is 36.4 Å². The number of nitrogens with zero attached hydrogens (tertiary/aromatic N) is 3. The Hall–Kier alpha value is -3.88. The van der Waals surface area contributed by atoms with E-state index in [9.17, 15) is 9.59 Å². The van der Waals surface area contributed by atoms with Crippen LogP contribution in [0, 0.1) is 0 Å². The maximum absolute atomic E-state index is 12.7. The number of carbonyl (C=O) groups is 2. The predicted molar refractivity (Wildman–Crippen MR) is 118 cm³/mol. The van der Waals surface area contributed by atoms with Crippen LogP contribution >= 0.6 is 0 Å². The van der Waals surface area contributed by atoms with Crippen molar-refractivity contribution in [2.24, 2.45) is 0 Å². The van der Waals surface area contributed by atoms with Crippen molar-refractivity contribution in [3.63, 3.8) is 0 Å². The Morgan fingerprint density at radius 3 is 2.69 bits per heavy atom. The molecule has 0 radical (unpaired) electrons. The molecule has 1 aromatic heterocycles. The van der Waals surface area contributed by atoms with E-state index in [4.69, 9.17) is 9.47 Å². The highest BCUT2D eigenvalue weighted by Crippen LogP contribution is 2.28. The van der Waals surface area contributed by atoms with Gasteiger partial charge in [0.25, 0.3) is 5.91 Å². The Balaban J connectivity index is 1.34. The quantitative estimate of drug-likeness (QED) is 0.563. The number of aryl methyl sites for hydroxylation is 2. The maximum atomic E-state index is 12.7. The van der Waals surface area contributed by atoms with E-state index < -0.39 is 6.04 Å². The molecule has 2 heterocycles. The van der Waals surface area contributed by atoms with Gasteiger partial charge in [0.05, 0.1) is 14.2 Å². The fourth-order valence-electron chi connectivity index (χ4n) is 3.71. The standard InChI is InChI=1S/C23H25N5O4/c1-14(28-13-16-6-4-5-7-17(16)22(28)30)21(29)25-23-24-20(26-27-23)11-9-15-8-10-18(31-2)19(12-15)32-3/h4-8,10,12,14H,9,11,13H2,1-3H3,(H2,24,25,26,27,29)/t14-/m1/s1. The summed E-state index contributed by atoms with van der Waals surface area (Å²) >= 11 is 0. The second-order valence-electron chi connectivity index (χ2n) is 7.55. The van der Waals surface area contributed by atoms with Crippen LogP contribution in [-0.2, 0) is 24.2 Å². The first-order valence-electron chi connectivity index (χ1n) is 10.3. The zero-order valence-corrected chi connectivity index (χ0v) is 18.2. The summed E-state index contributed by atoms with van der Waals surface area (Å²) in [5, 5.41) is 9.63. The van der Waals surface area contributed by atoms with E-state index in [2.05, 4.69) is 20.5 Å². The Morgan fingerprint density at radius 2 is 1.94 bits per heavy atom. The molecule has 1 aliphatic heterocycles. The van der Waals surface area contributed by atoms with Crippen molar-refractivity contribution < 1.29 is 19.1 Å². The number of ether oxygens (including phenoxy) is 2. The average Bonchev–Trinajstić information content (AvgIpc) is 3.41. The lowest BCUT2D eigenvalue weighted by Crippen LogP contribution is -2.42. The number of hydrogen-bond donors (Lipinski definition) is 2. The molecule has 0 aliphatic carbocycles. The summed E-state index contributed by atoms with van der Waals surface area (Å²) in [5.41, 5.74) is 2.63. The first kappa shape index (κ1) is 21.4. The molecule has 0 spiro atoms. The molecule has 1 atom stereocenters. The van der Waals surface area contributed by atoms with Crippen molar-refractivity contribution in [2.75, 3.05) is 19.5 Å². The molecule has 9 heteroatoms.